The lowest BCUT2D eigenvalue weighted by Gasteiger charge is -2.35. The highest BCUT2D eigenvalue weighted by molar-refractivity contribution is 5.50. The Morgan fingerprint density at radius 2 is 1.92 bits per heavy atom. The molecular formula is C17H19N5O4. The summed E-state index contributed by atoms with van der Waals surface area (Å²) in [5.74, 6) is 1.45. The van der Waals surface area contributed by atoms with Crippen LogP contribution < -0.4 is 9.64 Å². The van der Waals surface area contributed by atoms with Gasteiger partial charge in [0.15, 0.2) is 6.79 Å². The zero-order valence-corrected chi connectivity index (χ0v) is 14.2. The van der Waals surface area contributed by atoms with Crippen LogP contribution in [0.1, 0.15) is 11.1 Å². The van der Waals surface area contributed by atoms with Gasteiger partial charge < -0.3 is 14.4 Å². The van der Waals surface area contributed by atoms with Crippen molar-refractivity contribution in [3.63, 3.8) is 0 Å². The molecule has 0 atom stereocenters. The molecule has 1 aromatic carbocycles. The number of fused-ring (bicyclic) bond motifs is 1. The number of nitro groups is 1. The molecule has 9 heteroatoms. The second-order valence-electron chi connectivity index (χ2n) is 6.27. The van der Waals surface area contributed by atoms with Crippen LogP contribution in [0.5, 0.6) is 5.75 Å². The van der Waals surface area contributed by atoms with Crippen LogP contribution in [0.2, 0.25) is 0 Å². The van der Waals surface area contributed by atoms with Crippen molar-refractivity contribution in [3.8, 4) is 5.75 Å². The van der Waals surface area contributed by atoms with E-state index >= 15 is 0 Å². The predicted octanol–water partition coefficient (Wildman–Crippen LogP) is 1.57. The normalized spacial score (nSPS) is 17.5. The Hall–Kier alpha value is -2.78. The van der Waals surface area contributed by atoms with Crippen molar-refractivity contribution < 1.29 is 14.4 Å². The summed E-state index contributed by atoms with van der Waals surface area (Å²) in [5, 5.41) is 11.2. The van der Waals surface area contributed by atoms with E-state index in [9.17, 15) is 10.1 Å². The molecule has 9 nitrogen and oxygen atoms in total. The number of nitro benzene ring substituents is 1. The van der Waals surface area contributed by atoms with Crippen LogP contribution in [0.25, 0.3) is 0 Å². The van der Waals surface area contributed by atoms with Crippen LogP contribution in [-0.2, 0) is 17.9 Å². The van der Waals surface area contributed by atoms with E-state index < -0.39 is 0 Å². The molecule has 4 rings (SSSR count). The van der Waals surface area contributed by atoms with Crippen LogP contribution >= 0.6 is 0 Å². The zero-order chi connectivity index (χ0) is 17.9. The van der Waals surface area contributed by atoms with Gasteiger partial charge in [-0.05, 0) is 6.07 Å². The Morgan fingerprint density at radius 1 is 1.15 bits per heavy atom. The number of ether oxygens (including phenoxy) is 2. The van der Waals surface area contributed by atoms with E-state index in [2.05, 4.69) is 19.8 Å². The molecule has 0 N–H and O–H groups in total. The molecule has 0 spiro atoms. The van der Waals surface area contributed by atoms with Crippen molar-refractivity contribution in [1.29, 1.82) is 0 Å². The molecule has 2 aliphatic rings. The van der Waals surface area contributed by atoms with Crippen molar-refractivity contribution in [2.75, 3.05) is 37.9 Å². The summed E-state index contributed by atoms with van der Waals surface area (Å²) in [6.45, 7) is 4.39. The van der Waals surface area contributed by atoms with Gasteiger partial charge in [0.25, 0.3) is 5.69 Å². The van der Waals surface area contributed by atoms with Gasteiger partial charge in [0, 0.05) is 68.4 Å². The fourth-order valence-electron chi connectivity index (χ4n) is 3.31. The maximum Gasteiger partial charge on any atom is 0.270 e. The number of aromatic nitrogens is 2. The quantitative estimate of drug-likeness (QED) is 0.601. The molecule has 0 saturated carbocycles. The number of rotatable bonds is 4. The van der Waals surface area contributed by atoms with Crippen molar-refractivity contribution in [1.82, 2.24) is 14.9 Å². The molecule has 1 fully saturated rings. The first kappa shape index (κ1) is 16.7. The van der Waals surface area contributed by atoms with Crippen molar-refractivity contribution in [3.05, 3.63) is 51.8 Å². The lowest BCUT2D eigenvalue weighted by Crippen LogP contribution is -2.46. The van der Waals surface area contributed by atoms with Gasteiger partial charge in [0.2, 0.25) is 5.95 Å². The largest absolute Gasteiger partial charge is 0.467 e. The summed E-state index contributed by atoms with van der Waals surface area (Å²) in [6, 6.07) is 4.94. The van der Waals surface area contributed by atoms with E-state index in [0.717, 1.165) is 49.0 Å². The molecule has 26 heavy (non-hydrogen) atoms. The number of hydrogen-bond acceptors (Lipinski definition) is 8. The Kier molecular flexibility index (Phi) is 4.63. The summed E-state index contributed by atoms with van der Waals surface area (Å²) in [6.07, 6.45) is 3.48. The smallest absolute Gasteiger partial charge is 0.270 e. The second kappa shape index (κ2) is 7.22. The van der Waals surface area contributed by atoms with Crippen molar-refractivity contribution >= 4 is 11.6 Å². The summed E-state index contributed by atoms with van der Waals surface area (Å²) >= 11 is 0. The highest BCUT2D eigenvalue weighted by Crippen LogP contribution is 2.33. The molecule has 1 aromatic heterocycles. The van der Waals surface area contributed by atoms with Gasteiger partial charge in [-0.15, -0.1) is 0 Å². The van der Waals surface area contributed by atoms with Gasteiger partial charge in [0.05, 0.1) is 11.5 Å². The van der Waals surface area contributed by atoms with Gasteiger partial charge in [-0.25, -0.2) is 9.97 Å². The van der Waals surface area contributed by atoms with E-state index in [4.69, 9.17) is 9.47 Å². The lowest BCUT2D eigenvalue weighted by atomic mass is 10.1. The molecule has 3 heterocycles. The monoisotopic (exact) mass is 357 g/mol. The maximum absolute atomic E-state index is 11.2. The van der Waals surface area contributed by atoms with E-state index in [1.54, 1.807) is 24.5 Å². The summed E-state index contributed by atoms with van der Waals surface area (Å²) in [4.78, 5) is 23.8. The van der Waals surface area contributed by atoms with Gasteiger partial charge in [0.1, 0.15) is 5.75 Å². The SMILES string of the molecule is O=[N+]([O-])c1cc2c(c(CN3CCN(c4ncccn4)CC3)c1)OCOC2. The van der Waals surface area contributed by atoms with E-state index in [-0.39, 0.29) is 17.4 Å². The minimum Gasteiger partial charge on any atom is -0.467 e. The average molecular weight is 357 g/mol. The topological polar surface area (TPSA) is 93.9 Å². The molecule has 0 bridgehead atoms. The molecule has 0 radical (unpaired) electrons. The van der Waals surface area contributed by atoms with Crippen LogP contribution in [0.3, 0.4) is 0 Å². The van der Waals surface area contributed by atoms with Gasteiger partial charge >= 0.3 is 0 Å². The highest BCUT2D eigenvalue weighted by Gasteiger charge is 2.24. The van der Waals surface area contributed by atoms with Gasteiger partial charge in [-0.2, -0.15) is 0 Å². The third-order valence-electron chi connectivity index (χ3n) is 4.58. The number of benzene rings is 1. The fourth-order valence-corrected chi connectivity index (χ4v) is 3.31. The van der Waals surface area contributed by atoms with E-state index in [1.165, 1.54) is 6.07 Å². The molecular weight excluding hydrogens is 338 g/mol. The maximum atomic E-state index is 11.2. The van der Waals surface area contributed by atoms with Crippen LogP contribution in [0, 0.1) is 10.1 Å². The Labute approximate surface area is 150 Å². The van der Waals surface area contributed by atoms with E-state index in [1.807, 2.05) is 0 Å². The third kappa shape index (κ3) is 3.44. The standard InChI is InChI=1S/C17H19N5O4/c23-22(24)15-8-13(16-14(9-15)11-25-12-26-16)10-20-4-6-21(7-5-20)17-18-2-1-3-19-17/h1-3,8-9H,4-7,10-12H2. The fraction of sp³-hybridized carbons (Fsp3) is 0.412. The number of non-ortho nitro benzene ring substituents is 1. The lowest BCUT2D eigenvalue weighted by molar-refractivity contribution is -0.385. The van der Waals surface area contributed by atoms with Crippen LogP contribution in [-0.4, -0.2) is 52.8 Å². The Morgan fingerprint density at radius 3 is 2.65 bits per heavy atom. The second-order valence-corrected chi connectivity index (χ2v) is 6.27. The minimum absolute atomic E-state index is 0.0733. The molecule has 2 aromatic rings. The molecule has 2 aliphatic heterocycles. The third-order valence-corrected chi connectivity index (χ3v) is 4.58. The highest BCUT2D eigenvalue weighted by atomic mass is 16.7. The molecule has 0 unspecified atom stereocenters. The van der Waals surface area contributed by atoms with Gasteiger partial charge in [-0.3, -0.25) is 15.0 Å². The average Bonchev–Trinajstić information content (AvgIpc) is 2.69. The first-order valence-corrected chi connectivity index (χ1v) is 8.46. The molecule has 1 saturated heterocycles. The van der Waals surface area contributed by atoms with Gasteiger partial charge in [-0.1, -0.05) is 0 Å². The minimum atomic E-state index is -0.372. The predicted molar refractivity (Wildman–Crippen MR) is 92.9 cm³/mol. The van der Waals surface area contributed by atoms with E-state index in [0.29, 0.717) is 13.2 Å². The Bertz CT molecular complexity index is 793. The Balaban J connectivity index is 1.48. The van der Waals surface area contributed by atoms with Crippen molar-refractivity contribution in [2.24, 2.45) is 0 Å². The van der Waals surface area contributed by atoms with Crippen LogP contribution in [0.15, 0.2) is 30.6 Å². The number of anilines is 1. The molecule has 136 valence electrons. The number of nitrogens with zero attached hydrogens (tertiary/aromatic N) is 5. The number of piperazine rings is 1. The molecule has 0 amide bonds. The summed E-state index contributed by atoms with van der Waals surface area (Å²) in [5.41, 5.74) is 1.64. The number of hydrogen-bond donors (Lipinski definition) is 0. The first-order chi connectivity index (χ1) is 12.7. The summed E-state index contributed by atoms with van der Waals surface area (Å²) in [7, 11) is 0. The van der Waals surface area contributed by atoms with Crippen molar-refractivity contribution in [2.45, 2.75) is 13.2 Å². The first-order valence-electron chi connectivity index (χ1n) is 8.46. The molecule has 0 aliphatic carbocycles. The summed E-state index contributed by atoms with van der Waals surface area (Å²) < 4.78 is 10.9. The van der Waals surface area contributed by atoms with Crippen LogP contribution in [0.4, 0.5) is 11.6 Å². The zero-order valence-electron chi connectivity index (χ0n) is 14.2.